The van der Waals surface area contributed by atoms with Crippen molar-refractivity contribution in [1.82, 2.24) is 15.6 Å². The van der Waals surface area contributed by atoms with Gasteiger partial charge >= 0.3 is 0 Å². The molecule has 0 bridgehead atoms. The number of nitrogens with one attached hydrogen (secondary N) is 3. The summed E-state index contributed by atoms with van der Waals surface area (Å²) in [5.74, 6) is -0.00347. The second-order valence-corrected chi connectivity index (χ2v) is 4.85. The number of hydrogen-bond donors (Lipinski definition) is 3. The van der Waals surface area contributed by atoms with Crippen LogP contribution in [-0.2, 0) is 0 Å². The second-order valence-electron chi connectivity index (χ2n) is 4.85. The summed E-state index contributed by atoms with van der Waals surface area (Å²) in [6.45, 7) is 5.73. The number of carbonyl (C=O) groups excluding carboxylic acids is 1. The Morgan fingerprint density at radius 3 is 2.79 bits per heavy atom. The van der Waals surface area contributed by atoms with E-state index in [4.69, 9.17) is 0 Å². The van der Waals surface area contributed by atoms with Crippen LogP contribution >= 0.6 is 0 Å². The molecule has 19 heavy (non-hydrogen) atoms. The summed E-state index contributed by atoms with van der Waals surface area (Å²) in [4.78, 5) is 15.3. The van der Waals surface area contributed by atoms with Crippen molar-refractivity contribution >= 4 is 16.8 Å². The van der Waals surface area contributed by atoms with Crippen molar-refractivity contribution in [2.24, 2.45) is 0 Å². The van der Waals surface area contributed by atoms with E-state index < -0.39 is 0 Å². The standard InChI is InChI=1S/C15H21N3O/c1-10-11(2)18-14-6-5-12(9-13(10)14)15(19)17-8-4-7-16-3/h5-6,9,16,18H,4,7-8H2,1-3H3,(H,17,19). The van der Waals surface area contributed by atoms with Gasteiger partial charge in [0, 0.05) is 28.7 Å². The van der Waals surface area contributed by atoms with E-state index in [0.717, 1.165) is 35.1 Å². The molecule has 0 aliphatic heterocycles. The molecule has 1 aromatic carbocycles. The molecule has 0 saturated carbocycles. The Morgan fingerprint density at radius 2 is 2.05 bits per heavy atom. The van der Waals surface area contributed by atoms with Crippen molar-refractivity contribution in [3.63, 3.8) is 0 Å². The maximum atomic E-state index is 12.0. The monoisotopic (exact) mass is 259 g/mol. The first-order valence-corrected chi connectivity index (χ1v) is 6.65. The summed E-state index contributed by atoms with van der Waals surface area (Å²) < 4.78 is 0. The predicted molar refractivity (Wildman–Crippen MR) is 78.6 cm³/mol. The third kappa shape index (κ3) is 2.96. The highest BCUT2D eigenvalue weighted by molar-refractivity contribution is 5.99. The SMILES string of the molecule is CNCCCNC(=O)c1ccc2[nH]c(C)c(C)c2c1. The van der Waals surface area contributed by atoms with Crippen LogP contribution < -0.4 is 10.6 Å². The third-order valence-electron chi connectivity index (χ3n) is 3.46. The molecule has 1 heterocycles. The maximum absolute atomic E-state index is 12.0. The van der Waals surface area contributed by atoms with Gasteiger partial charge in [-0.1, -0.05) is 0 Å². The molecule has 0 aliphatic carbocycles. The topological polar surface area (TPSA) is 56.9 Å². The molecule has 2 rings (SSSR count). The van der Waals surface area contributed by atoms with Gasteiger partial charge in [0.05, 0.1) is 0 Å². The molecule has 102 valence electrons. The van der Waals surface area contributed by atoms with Gasteiger partial charge in [-0.15, -0.1) is 0 Å². The molecule has 0 fully saturated rings. The first kappa shape index (κ1) is 13.6. The number of H-pyrrole nitrogens is 1. The van der Waals surface area contributed by atoms with Crippen LogP contribution in [0.4, 0.5) is 0 Å². The molecule has 0 saturated heterocycles. The number of aromatic nitrogens is 1. The van der Waals surface area contributed by atoms with Gasteiger partial charge in [0.2, 0.25) is 0 Å². The summed E-state index contributed by atoms with van der Waals surface area (Å²) in [5.41, 5.74) is 4.17. The Morgan fingerprint density at radius 1 is 1.26 bits per heavy atom. The van der Waals surface area contributed by atoms with Gasteiger partial charge < -0.3 is 15.6 Å². The van der Waals surface area contributed by atoms with Gasteiger partial charge in [-0.3, -0.25) is 4.79 Å². The van der Waals surface area contributed by atoms with Crippen molar-refractivity contribution in [2.45, 2.75) is 20.3 Å². The van der Waals surface area contributed by atoms with Crippen LogP contribution in [0.3, 0.4) is 0 Å². The van der Waals surface area contributed by atoms with Crippen LogP contribution in [-0.4, -0.2) is 31.0 Å². The highest BCUT2D eigenvalue weighted by atomic mass is 16.1. The quantitative estimate of drug-likeness (QED) is 0.720. The van der Waals surface area contributed by atoms with E-state index in [1.54, 1.807) is 0 Å². The van der Waals surface area contributed by atoms with Crippen molar-refractivity contribution in [3.8, 4) is 0 Å². The van der Waals surface area contributed by atoms with Gasteiger partial charge in [-0.25, -0.2) is 0 Å². The zero-order valence-electron chi connectivity index (χ0n) is 11.8. The molecule has 0 aliphatic rings. The Balaban J connectivity index is 2.12. The fraction of sp³-hybridized carbons (Fsp3) is 0.400. The fourth-order valence-corrected chi connectivity index (χ4v) is 2.17. The van der Waals surface area contributed by atoms with Crippen LogP contribution in [0.1, 0.15) is 28.0 Å². The number of fused-ring (bicyclic) bond motifs is 1. The van der Waals surface area contributed by atoms with E-state index in [-0.39, 0.29) is 5.91 Å². The summed E-state index contributed by atoms with van der Waals surface area (Å²) in [6.07, 6.45) is 0.937. The zero-order valence-corrected chi connectivity index (χ0v) is 11.8. The average Bonchev–Trinajstić information content (AvgIpc) is 2.70. The van der Waals surface area contributed by atoms with E-state index in [0.29, 0.717) is 6.54 Å². The average molecular weight is 259 g/mol. The number of hydrogen-bond acceptors (Lipinski definition) is 2. The highest BCUT2D eigenvalue weighted by Crippen LogP contribution is 2.22. The predicted octanol–water partition coefficient (Wildman–Crippen LogP) is 2.12. The minimum atomic E-state index is -0.00347. The van der Waals surface area contributed by atoms with Crippen molar-refractivity contribution in [2.75, 3.05) is 20.1 Å². The van der Waals surface area contributed by atoms with Crippen LogP contribution in [0.15, 0.2) is 18.2 Å². The Bertz CT molecular complexity index is 586. The van der Waals surface area contributed by atoms with Gasteiger partial charge in [-0.05, 0) is 57.6 Å². The lowest BCUT2D eigenvalue weighted by Gasteiger charge is -2.05. The molecule has 3 N–H and O–H groups in total. The van der Waals surface area contributed by atoms with Gasteiger partial charge in [0.1, 0.15) is 0 Å². The highest BCUT2D eigenvalue weighted by Gasteiger charge is 2.09. The number of carbonyl (C=O) groups is 1. The molecular formula is C15H21N3O. The van der Waals surface area contributed by atoms with Crippen LogP contribution in [0.5, 0.6) is 0 Å². The van der Waals surface area contributed by atoms with Crippen LogP contribution in [0, 0.1) is 13.8 Å². The van der Waals surface area contributed by atoms with Gasteiger partial charge in [-0.2, -0.15) is 0 Å². The number of amides is 1. The van der Waals surface area contributed by atoms with E-state index in [2.05, 4.69) is 22.5 Å². The lowest BCUT2D eigenvalue weighted by molar-refractivity contribution is 0.0953. The van der Waals surface area contributed by atoms with E-state index in [1.165, 1.54) is 5.56 Å². The molecule has 1 amide bonds. The van der Waals surface area contributed by atoms with Gasteiger partial charge in [0.25, 0.3) is 5.91 Å². The molecule has 4 heteroatoms. The summed E-state index contributed by atoms with van der Waals surface area (Å²) in [6, 6.07) is 5.80. The molecule has 2 aromatic rings. The first-order valence-electron chi connectivity index (χ1n) is 6.65. The smallest absolute Gasteiger partial charge is 0.251 e. The van der Waals surface area contributed by atoms with Gasteiger partial charge in [0.15, 0.2) is 0 Å². The molecular weight excluding hydrogens is 238 g/mol. The van der Waals surface area contributed by atoms with E-state index in [9.17, 15) is 4.79 Å². The Labute approximate surface area is 113 Å². The molecule has 0 spiro atoms. The third-order valence-corrected chi connectivity index (χ3v) is 3.46. The Hall–Kier alpha value is -1.81. The summed E-state index contributed by atoms with van der Waals surface area (Å²) in [7, 11) is 1.91. The number of rotatable bonds is 5. The van der Waals surface area contributed by atoms with Crippen molar-refractivity contribution < 1.29 is 4.79 Å². The minimum Gasteiger partial charge on any atom is -0.358 e. The largest absolute Gasteiger partial charge is 0.358 e. The number of aryl methyl sites for hydroxylation is 2. The van der Waals surface area contributed by atoms with Crippen LogP contribution in [0.2, 0.25) is 0 Å². The summed E-state index contributed by atoms with van der Waals surface area (Å²) in [5, 5.41) is 7.12. The maximum Gasteiger partial charge on any atom is 0.251 e. The molecule has 0 unspecified atom stereocenters. The molecule has 1 aromatic heterocycles. The second kappa shape index (κ2) is 5.89. The minimum absolute atomic E-state index is 0.00347. The fourth-order valence-electron chi connectivity index (χ4n) is 2.17. The zero-order chi connectivity index (χ0) is 13.8. The summed E-state index contributed by atoms with van der Waals surface area (Å²) >= 11 is 0. The van der Waals surface area contributed by atoms with Crippen molar-refractivity contribution in [3.05, 3.63) is 35.0 Å². The first-order chi connectivity index (χ1) is 9.13. The number of benzene rings is 1. The van der Waals surface area contributed by atoms with Crippen LogP contribution in [0.25, 0.3) is 10.9 Å². The number of aromatic amines is 1. The molecule has 0 atom stereocenters. The normalized spacial score (nSPS) is 10.9. The molecule has 0 radical (unpaired) electrons. The lowest BCUT2D eigenvalue weighted by atomic mass is 10.1. The lowest BCUT2D eigenvalue weighted by Crippen LogP contribution is -2.26. The van der Waals surface area contributed by atoms with E-state index in [1.807, 2.05) is 32.2 Å². The molecule has 4 nitrogen and oxygen atoms in total. The van der Waals surface area contributed by atoms with E-state index >= 15 is 0 Å². The van der Waals surface area contributed by atoms with Crippen molar-refractivity contribution in [1.29, 1.82) is 0 Å². The Kier molecular flexibility index (Phi) is 4.22.